The molecule has 0 atom stereocenters. The Morgan fingerprint density at radius 1 is 0.630 bits per heavy atom. The van der Waals surface area contributed by atoms with Crippen LogP contribution in [0.2, 0.25) is 5.02 Å². The molecular formula is C12H3BrClF13. The quantitative estimate of drug-likeness (QED) is 0.366. The summed E-state index contributed by atoms with van der Waals surface area (Å²) in [5.41, 5.74) is -2.15. The van der Waals surface area contributed by atoms with Crippen molar-refractivity contribution in [2.45, 2.75) is 35.8 Å². The van der Waals surface area contributed by atoms with E-state index >= 15 is 0 Å². The molecule has 0 aliphatic heterocycles. The first-order valence-corrected chi connectivity index (χ1v) is 7.24. The molecule has 0 aliphatic rings. The van der Waals surface area contributed by atoms with E-state index in [0.29, 0.717) is 6.07 Å². The van der Waals surface area contributed by atoms with Crippen LogP contribution in [-0.2, 0) is 5.92 Å². The first-order chi connectivity index (χ1) is 11.7. The lowest BCUT2D eigenvalue weighted by Crippen LogP contribution is -2.69. The van der Waals surface area contributed by atoms with Crippen molar-refractivity contribution in [3.05, 3.63) is 33.3 Å². The highest BCUT2D eigenvalue weighted by molar-refractivity contribution is 9.10. The molecule has 0 fully saturated rings. The molecular weight excluding hydrogens is 506 g/mol. The minimum absolute atomic E-state index is 0.0876. The van der Waals surface area contributed by atoms with Crippen LogP contribution < -0.4 is 0 Å². The van der Waals surface area contributed by atoms with Gasteiger partial charge in [-0.3, -0.25) is 0 Å². The second-order valence-electron chi connectivity index (χ2n) is 4.99. The third-order valence-electron chi connectivity index (χ3n) is 3.20. The summed E-state index contributed by atoms with van der Waals surface area (Å²) >= 11 is 7.42. The highest BCUT2D eigenvalue weighted by Gasteiger charge is 2.90. The molecule has 0 saturated heterocycles. The predicted octanol–water partition coefficient (Wildman–Crippen LogP) is 7.30. The van der Waals surface area contributed by atoms with Gasteiger partial charge in [0.05, 0.1) is 0 Å². The molecule has 0 heterocycles. The van der Waals surface area contributed by atoms with E-state index in [2.05, 4.69) is 15.9 Å². The summed E-state index contributed by atoms with van der Waals surface area (Å²) in [6.07, 6.45) is -7.44. The molecule has 27 heavy (non-hydrogen) atoms. The van der Waals surface area contributed by atoms with E-state index in [1.165, 1.54) is 0 Å². The van der Waals surface area contributed by atoms with Crippen molar-refractivity contribution >= 4 is 27.5 Å². The highest BCUT2D eigenvalue weighted by atomic mass is 79.9. The highest BCUT2D eigenvalue weighted by Crippen LogP contribution is 2.62. The maximum absolute atomic E-state index is 13.9. The molecule has 0 bridgehead atoms. The molecule has 15 heteroatoms. The van der Waals surface area contributed by atoms with Gasteiger partial charge in [0.2, 0.25) is 0 Å². The van der Waals surface area contributed by atoms with Gasteiger partial charge in [0, 0.05) is 15.1 Å². The average molecular weight is 509 g/mol. The maximum atomic E-state index is 13.9. The number of hydrogen-bond donors (Lipinski definition) is 0. The third kappa shape index (κ3) is 3.36. The fraction of sp³-hybridized carbons (Fsp3) is 0.500. The van der Waals surface area contributed by atoms with Gasteiger partial charge in [0.1, 0.15) is 0 Å². The van der Waals surface area contributed by atoms with Gasteiger partial charge in [-0.1, -0.05) is 27.5 Å². The summed E-state index contributed by atoms with van der Waals surface area (Å²) in [5.74, 6) is -37.3. The molecule has 0 N–H and O–H groups in total. The summed E-state index contributed by atoms with van der Waals surface area (Å²) in [5, 5.41) is -0.778. The maximum Gasteiger partial charge on any atom is 0.460 e. The molecule has 0 unspecified atom stereocenters. The molecule has 0 aromatic heterocycles. The standard InChI is InChI=1S/C12H3BrClF13/c13-6-2-1-4(14)3-5(6)7(15,16)8(17,18)9(19,20)10(21,22)11(23,24)12(25,26)27/h1-3H. The van der Waals surface area contributed by atoms with E-state index in [-0.39, 0.29) is 6.07 Å². The van der Waals surface area contributed by atoms with E-state index in [9.17, 15) is 57.1 Å². The zero-order chi connectivity index (χ0) is 21.9. The number of hydrogen-bond acceptors (Lipinski definition) is 0. The summed E-state index contributed by atoms with van der Waals surface area (Å²) in [4.78, 5) is 0. The van der Waals surface area contributed by atoms with Crippen molar-refractivity contribution in [3.63, 3.8) is 0 Å². The Bertz CT molecular complexity index is 710. The molecule has 0 radical (unpaired) electrons. The second kappa shape index (κ2) is 6.56. The van der Waals surface area contributed by atoms with Gasteiger partial charge in [-0.15, -0.1) is 0 Å². The molecule has 0 aliphatic carbocycles. The smallest absolute Gasteiger partial charge is 0.194 e. The van der Waals surface area contributed by atoms with Crippen molar-refractivity contribution < 1.29 is 57.1 Å². The van der Waals surface area contributed by atoms with Gasteiger partial charge in [-0.05, 0) is 18.2 Å². The van der Waals surface area contributed by atoms with Crippen LogP contribution in [0, 0.1) is 0 Å². The molecule has 156 valence electrons. The topological polar surface area (TPSA) is 0 Å². The van der Waals surface area contributed by atoms with E-state index in [1.54, 1.807) is 0 Å². The van der Waals surface area contributed by atoms with Crippen molar-refractivity contribution in [3.8, 4) is 0 Å². The molecule has 0 amide bonds. The van der Waals surface area contributed by atoms with Crippen LogP contribution in [0.25, 0.3) is 0 Å². The number of rotatable bonds is 5. The lowest BCUT2D eigenvalue weighted by Gasteiger charge is -2.40. The molecule has 1 aromatic rings. The SMILES string of the molecule is FC(F)(F)C(F)(F)C(F)(F)C(F)(F)C(F)(F)C(F)(F)c1cc(Cl)ccc1Br. The Labute approximate surface area is 154 Å². The van der Waals surface area contributed by atoms with Gasteiger partial charge < -0.3 is 0 Å². The Hall–Kier alpha value is -0.920. The van der Waals surface area contributed by atoms with Crippen LogP contribution in [0.15, 0.2) is 22.7 Å². The summed E-state index contributed by atoms with van der Waals surface area (Å²) in [7, 11) is 0. The van der Waals surface area contributed by atoms with Gasteiger partial charge in [-0.25, -0.2) is 0 Å². The lowest BCUT2D eigenvalue weighted by atomic mass is 9.90. The normalized spacial score (nSPS) is 15.2. The monoisotopic (exact) mass is 508 g/mol. The summed E-state index contributed by atoms with van der Waals surface area (Å²) < 4.78 is 168. The number of benzene rings is 1. The first-order valence-electron chi connectivity index (χ1n) is 6.07. The van der Waals surface area contributed by atoms with Crippen molar-refractivity contribution in [1.29, 1.82) is 0 Å². The van der Waals surface area contributed by atoms with Crippen LogP contribution in [0.5, 0.6) is 0 Å². The third-order valence-corrected chi connectivity index (χ3v) is 4.13. The lowest BCUT2D eigenvalue weighted by molar-refractivity contribution is -0.441. The molecule has 1 rings (SSSR count). The zero-order valence-corrected chi connectivity index (χ0v) is 14.2. The Kier molecular flexibility index (Phi) is 5.86. The van der Waals surface area contributed by atoms with Crippen LogP contribution in [0.1, 0.15) is 5.56 Å². The summed E-state index contributed by atoms with van der Waals surface area (Å²) in [6, 6.07) is 1.19. The van der Waals surface area contributed by atoms with Crippen LogP contribution >= 0.6 is 27.5 Å². The van der Waals surface area contributed by atoms with Crippen molar-refractivity contribution in [1.82, 2.24) is 0 Å². The fourth-order valence-corrected chi connectivity index (χ4v) is 2.34. The fourth-order valence-electron chi connectivity index (χ4n) is 1.68. The summed E-state index contributed by atoms with van der Waals surface area (Å²) in [6.45, 7) is 0. The van der Waals surface area contributed by atoms with Crippen LogP contribution in [0.4, 0.5) is 57.1 Å². The predicted molar refractivity (Wildman–Crippen MR) is 68.9 cm³/mol. The van der Waals surface area contributed by atoms with Crippen molar-refractivity contribution in [2.24, 2.45) is 0 Å². The zero-order valence-electron chi connectivity index (χ0n) is 11.9. The minimum Gasteiger partial charge on any atom is -0.194 e. The Morgan fingerprint density at radius 2 is 1.04 bits per heavy atom. The van der Waals surface area contributed by atoms with Crippen LogP contribution in [0.3, 0.4) is 0 Å². The van der Waals surface area contributed by atoms with Gasteiger partial charge in [-0.2, -0.15) is 57.1 Å². The second-order valence-corrected chi connectivity index (χ2v) is 6.28. The Balaban J connectivity index is 3.66. The van der Waals surface area contributed by atoms with E-state index in [1.807, 2.05) is 0 Å². The van der Waals surface area contributed by atoms with E-state index < -0.39 is 50.8 Å². The first kappa shape index (κ1) is 24.1. The number of alkyl halides is 13. The molecule has 0 nitrogen and oxygen atoms in total. The van der Waals surface area contributed by atoms with E-state index in [4.69, 9.17) is 11.6 Å². The molecule has 1 aromatic carbocycles. The van der Waals surface area contributed by atoms with E-state index in [0.717, 1.165) is 6.07 Å². The van der Waals surface area contributed by atoms with Crippen LogP contribution in [-0.4, -0.2) is 29.9 Å². The van der Waals surface area contributed by atoms with Gasteiger partial charge >= 0.3 is 35.8 Å². The largest absolute Gasteiger partial charge is 0.460 e. The molecule has 0 spiro atoms. The Morgan fingerprint density at radius 3 is 1.44 bits per heavy atom. The van der Waals surface area contributed by atoms with Gasteiger partial charge in [0.15, 0.2) is 0 Å². The minimum atomic E-state index is -7.93. The molecule has 0 saturated carbocycles. The van der Waals surface area contributed by atoms with Gasteiger partial charge in [0.25, 0.3) is 0 Å². The number of halogens is 15. The van der Waals surface area contributed by atoms with Crippen molar-refractivity contribution in [2.75, 3.05) is 0 Å². The average Bonchev–Trinajstić information content (AvgIpc) is 2.47.